The van der Waals surface area contributed by atoms with Gasteiger partial charge in [-0.1, -0.05) is 0 Å². The summed E-state index contributed by atoms with van der Waals surface area (Å²) in [4.78, 5) is 0. The molecule has 0 unspecified atom stereocenters. The van der Waals surface area contributed by atoms with Crippen LogP contribution in [0.15, 0.2) is 0 Å². The van der Waals surface area contributed by atoms with E-state index >= 15 is 0 Å². The summed E-state index contributed by atoms with van der Waals surface area (Å²) in [6.45, 7) is 0. The molecule has 0 amide bonds. The molecule has 0 rings (SSSR count). The molecule has 10 heavy (non-hydrogen) atoms. The van der Waals surface area contributed by atoms with Gasteiger partial charge in [-0.25, -0.2) is 0 Å². The summed E-state index contributed by atoms with van der Waals surface area (Å²) in [6.07, 6.45) is 6.69. The van der Waals surface area contributed by atoms with Crippen LogP contribution < -0.4 is 0 Å². The molecule has 0 atom stereocenters. The number of halogens is 2. The lowest BCUT2D eigenvalue weighted by molar-refractivity contribution is 0.804. The van der Waals surface area contributed by atoms with Crippen LogP contribution in [-0.4, -0.2) is 12.4 Å². The van der Waals surface area contributed by atoms with E-state index in [1.165, 1.54) is 12.4 Å². The van der Waals surface area contributed by atoms with E-state index in [4.69, 9.17) is 10.8 Å². The van der Waals surface area contributed by atoms with Crippen molar-refractivity contribution in [2.45, 2.75) is 25.7 Å². The molecule has 0 aromatic rings. The van der Waals surface area contributed by atoms with Crippen molar-refractivity contribution < 1.29 is 0 Å². The monoisotopic (exact) mass is 184 g/mol. The molecular formula is C6H14Cl2N2. The van der Waals surface area contributed by atoms with Crippen molar-refractivity contribution in [3.63, 3.8) is 0 Å². The van der Waals surface area contributed by atoms with Crippen LogP contribution >= 0.6 is 24.8 Å². The highest BCUT2D eigenvalue weighted by Crippen LogP contribution is 1.93. The van der Waals surface area contributed by atoms with E-state index in [2.05, 4.69) is 0 Å². The van der Waals surface area contributed by atoms with Gasteiger partial charge in [-0.05, 0) is 38.1 Å². The molecule has 2 N–H and O–H groups in total. The summed E-state index contributed by atoms with van der Waals surface area (Å²) in [7, 11) is 0. The van der Waals surface area contributed by atoms with E-state index in [1.54, 1.807) is 0 Å². The molecule has 0 bridgehead atoms. The van der Waals surface area contributed by atoms with E-state index in [1.807, 2.05) is 0 Å². The zero-order chi connectivity index (χ0) is 6.24. The number of hydrogen-bond acceptors (Lipinski definition) is 2. The molecule has 0 saturated carbocycles. The molecule has 0 saturated heterocycles. The third-order valence-electron chi connectivity index (χ3n) is 0.947. The number of rotatable bonds is 5. The largest absolute Gasteiger partial charge is 0.313 e. The second kappa shape index (κ2) is 16.0. The summed E-state index contributed by atoms with van der Waals surface area (Å²) in [5, 5.41) is 13.3. The molecule has 0 aliphatic heterocycles. The van der Waals surface area contributed by atoms with Crippen LogP contribution in [0.4, 0.5) is 0 Å². The Balaban J connectivity index is -0.000000245. The fourth-order valence-corrected chi connectivity index (χ4v) is 0.493. The third-order valence-corrected chi connectivity index (χ3v) is 0.947. The first-order valence-corrected chi connectivity index (χ1v) is 2.89. The SMILES string of the molecule is Cl.Cl.N=CCCCCC=N. The Morgan fingerprint density at radius 2 is 1.10 bits per heavy atom. The van der Waals surface area contributed by atoms with Crippen molar-refractivity contribution >= 4 is 37.2 Å². The highest BCUT2D eigenvalue weighted by Gasteiger charge is 1.80. The van der Waals surface area contributed by atoms with Gasteiger partial charge in [-0.3, -0.25) is 0 Å². The first kappa shape index (κ1) is 16.5. The van der Waals surface area contributed by atoms with Gasteiger partial charge in [0.25, 0.3) is 0 Å². The van der Waals surface area contributed by atoms with Crippen LogP contribution in [0, 0.1) is 10.8 Å². The minimum atomic E-state index is 0. The lowest BCUT2D eigenvalue weighted by Crippen LogP contribution is -1.77. The summed E-state index contributed by atoms with van der Waals surface area (Å²) in [6, 6.07) is 0. The van der Waals surface area contributed by atoms with Crippen LogP contribution in [0.25, 0.3) is 0 Å². The van der Waals surface area contributed by atoms with Crippen molar-refractivity contribution in [3.8, 4) is 0 Å². The standard InChI is InChI=1S/C6H12N2.2ClH/c7-5-3-1-2-4-6-8;;/h5-8H,1-4H2;2*1H. The normalized spacial score (nSPS) is 6.80. The Morgan fingerprint density at radius 1 is 0.800 bits per heavy atom. The van der Waals surface area contributed by atoms with Gasteiger partial charge in [-0.15, -0.1) is 24.8 Å². The molecule has 0 spiro atoms. The van der Waals surface area contributed by atoms with Gasteiger partial charge in [0.05, 0.1) is 0 Å². The highest BCUT2D eigenvalue weighted by atomic mass is 35.5. The van der Waals surface area contributed by atoms with Gasteiger partial charge >= 0.3 is 0 Å². The highest BCUT2D eigenvalue weighted by molar-refractivity contribution is 5.85. The van der Waals surface area contributed by atoms with Crippen LogP contribution in [0.2, 0.25) is 0 Å². The van der Waals surface area contributed by atoms with Crippen molar-refractivity contribution in [3.05, 3.63) is 0 Å². The molecule has 0 heterocycles. The number of nitrogens with one attached hydrogen (secondary N) is 2. The second-order valence-electron chi connectivity index (χ2n) is 1.69. The second-order valence-corrected chi connectivity index (χ2v) is 1.69. The quantitative estimate of drug-likeness (QED) is 0.488. The fourth-order valence-electron chi connectivity index (χ4n) is 0.493. The van der Waals surface area contributed by atoms with Crippen LogP contribution in [0.5, 0.6) is 0 Å². The predicted octanol–water partition coefficient (Wildman–Crippen LogP) is 2.69. The zero-order valence-corrected chi connectivity index (χ0v) is 7.43. The molecule has 62 valence electrons. The topological polar surface area (TPSA) is 47.7 Å². The maximum absolute atomic E-state index is 6.66. The van der Waals surface area contributed by atoms with Gasteiger partial charge in [0.2, 0.25) is 0 Å². The maximum Gasteiger partial charge on any atom is -0.00477 e. The average molecular weight is 185 g/mol. The van der Waals surface area contributed by atoms with Crippen molar-refractivity contribution in [2.24, 2.45) is 0 Å². The molecule has 0 aromatic carbocycles. The van der Waals surface area contributed by atoms with Gasteiger partial charge in [0, 0.05) is 0 Å². The average Bonchev–Trinajstić information content (AvgIpc) is 1.81. The number of unbranched alkanes of at least 4 members (excludes halogenated alkanes) is 3. The molecule has 0 aliphatic rings. The van der Waals surface area contributed by atoms with Gasteiger partial charge < -0.3 is 10.8 Å². The molecule has 0 radical (unpaired) electrons. The summed E-state index contributed by atoms with van der Waals surface area (Å²) < 4.78 is 0. The minimum absolute atomic E-state index is 0. The van der Waals surface area contributed by atoms with Crippen molar-refractivity contribution in [2.75, 3.05) is 0 Å². The minimum Gasteiger partial charge on any atom is -0.313 e. The lowest BCUT2D eigenvalue weighted by Gasteiger charge is -1.87. The summed E-state index contributed by atoms with van der Waals surface area (Å²) in [5.74, 6) is 0. The maximum atomic E-state index is 6.66. The Kier molecular flexibility index (Phi) is 26.3. The molecule has 2 nitrogen and oxygen atoms in total. The third kappa shape index (κ3) is 15.7. The van der Waals surface area contributed by atoms with Crippen LogP contribution in [0.1, 0.15) is 25.7 Å². The predicted molar refractivity (Wildman–Crippen MR) is 50.5 cm³/mol. The Labute approximate surface area is 74.2 Å². The van der Waals surface area contributed by atoms with Crippen LogP contribution in [0.3, 0.4) is 0 Å². The van der Waals surface area contributed by atoms with E-state index in [0.717, 1.165) is 25.7 Å². The van der Waals surface area contributed by atoms with Crippen LogP contribution in [-0.2, 0) is 0 Å². The first-order chi connectivity index (χ1) is 3.91. The van der Waals surface area contributed by atoms with Crippen molar-refractivity contribution in [1.29, 1.82) is 10.8 Å². The van der Waals surface area contributed by atoms with E-state index in [9.17, 15) is 0 Å². The molecule has 4 heteroatoms. The molecule has 0 fully saturated rings. The lowest BCUT2D eigenvalue weighted by atomic mass is 10.2. The van der Waals surface area contributed by atoms with Crippen molar-refractivity contribution in [1.82, 2.24) is 0 Å². The molecule has 0 aliphatic carbocycles. The van der Waals surface area contributed by atoms with E-state index < -0.39 is 0 Å². The number of hydrogen-bond donors (Lipinski definition) is 2. The molecule has 0 aromatic heterocycles. The van der Waals surface area contributed by atoms with Gasteiger partial charge in [0.15, 0.2) is 0 Å². The van der Waals surface area contributed by atoms with Gasteiger partial charge in [-0.2, -0.15) is 0 Å². The van der Waals surface area contributed by atoms with E-state index in [-0.39, 0.29) is 24.8 Å². The Morgan fingerprint density at radius 3 is 1.30 bits per heavy atom. The first-order valence-electron chi connectivity index (χ1n) is 2.89. The molecular weight excluding hydrogens is 171 g/mol. The summed E-state index contributed by atoms with van der Waals surface area (Å²) >= 11 is 0. The van der Waals surface area contributed by atoms with Gasteiger partial charge in [0.1, 0.15) is 0 Å². The Hall–Kier alpha value is -0.0800. The Bertz CT molecular complexity index is 66.1. The zero-order valence-electron chi connectivity index (χ0n) is 5.80. The summed E-state index contributed by atoms with van der Waals surface area (Å²) in [5.41, 5.74) is 0. The fraction of sp³-hybridized carbons (Fsp3) is 0.667. The smallest absolute Gasteiger partial charge is 0.00477 e. The van der Waals surface area contributed by atoms with E-state index in [0.29, 0.717) is 0 Å².